The third kappa shape index (κ3) is 1.96. The zero-order valence-corrected chi connectivity index (χ0v) is 9.92. The van der Waals surface area contributed by atoms with Crippen LogP contribution in [0.5, 0.6) is 0 Å². The van der Waals surface area contributed by atoms with Crippen LogP contribution in [0.2, 0.25) is 0 Å². The highest BCUT2D eigenvalue weighted by Crippen LogP contribution is 2.48. The summed E-state index contributed by atoms with van der Waals surface area (Å²) in [6.45, 7) is 2.34. The fraction of sp³-hybridized carbons (Fsp3) is 0.923. The fourth-order valence-electron chi connectivity index (χ4n) is 3.52. The quantitative estimate of drug-likeness (QED) is 0.665. The lowest BCUT2D eigenvalue weighted by Gasteiger charge is -2.44. The topological polar surface area (TPSA) is 26.3 Å². The van der Waals surface area contributed by atoms with Gasteiger partial charge in [-0.3, -0.25) is 4.79 Å². The number of carbonyl (C=O) groups is 1. The predicted molar refractivity (Wildman–Crippen MR) is 59.7 cm³/mol. The molecular formula is C13H22O2. The molecule has 0 N–H and O–H groups in total. The van der Waals surface area contributed by atoms with Crippen molar-refractivity contribution < 1.29 is 9.53 Å². The molecule has 0 bridgehead atoms. The van der Waals surface area contributed by atoms with Gasteiger partial charge in [0.1, 0.15) is 5.78 Å². The first kappa shape index (κ1) is 11.1. The molecule has 0 radical (unpaired) electrons. The Kier molecular flexibility index (Phi) is 3.15. The number of ether oxygens (including phenoxy) is 1. The minimum atomic E-state index is 0.263. The van der Waals surface area contributed by atoms with Crippen LogP contribution in [0.25, 0.3) is 0 Å². The van der Waals surface area contributed by atoms with Gasteiger partial charge < -0.3 is 4.74 Å². The largest absolute Gasteiger partial charge is 0.381 e. The van der Waals surface area contributed by atoms with E-state index in [0.717, 1.165) is 19.3 Å². The van der Waals surface area contributed by atoms with Gasteiger partial charge in [0.05, 0.1) is 6.10 Å². The number of fused-ring (bicyclic) bond motifs is 1. The van der Waals surface area contributed by atoms with Crippen LogP contribution in [0.1, 0.15) is 51.9 Å². The average Bonchev–Trinajstić information content (AvgIpc) is 2.38. The number of hydrogen-bond acceptors (Lipinski definition) is 2. The number of hydrogen-bond donors (Lipinski definition) is 0. The molecule has 0 unspecified atom stereocenters. The molecule has 2 aliphatic carbocycles. The molecule has 0 saturated heterocycles. The van der Waals surface area contributed by atoms with Crippen molar-refractivity contribution in [2.75, 3.05) is 7.11 Å². The Morgan fingerprint density at radius 3 is 2.80 bits per heavy atom. The highest BCUT2D eigenvalue weighted by atomic mass is 16.5. The molecule has 0 aromatic carbocycles. The lowest BCUT2D eigenvalue weighted by atomic mass is 9.63. The summed E-state index contributed by atoms with van der Waals surface area (Å²) in [5.74, 6) is 1.04. The summed E-state index contributed by atoms with van der Waals surface area (Å²) in [4.78, 5) is 11.5. The molecule has 2 nitrogen and oxygen atoms in total. The summed E-state index contributed by atoms with van der Waals surface area (Å²) < 4.78 is 5.67. The first-order chi connectivity index (χ1) is 7.16. The normalized spacial score (nSPS) is 42.1. The SMILES string of the molecule is CO[C@@H]1CCCC[C@H]2CC(=O)CC[C@@]21C. The molecular weight excluding hydrogens is 188 g/mol. The molecule has 0 amide bonds. The third-order valence-electron chi connectivity index (χ3n) is 4.64. The second-order valence-electron chi connectivity index (χ2n) is 5.45. The van der Waals surface area contributed by atoms with Crippen molar-refractivity contribution in [1.29, 1.82) is 0 Å². The van der Waals surface area contributed by atoms with Gasteiger partial charge in [-0.05, 0) is 30.6 Å². The van der Waals surface area contributed by atoms with Gasteiger partial charge >= 0.3 is 0 Å². The highest BCUT2D eigenvalue weighted by Gasteiger charge is 2.45. The van der Waals surface area contributed by atoms with E-state index >= 15 is 0 Å². The Balaban J connectivity index is 2.20. The van der Waals surface area contributed by atoms with E-state index in [-0.39, 0.29) is 5.41 Å². The maximum atomic E-state index is 11.5. The number of ketones is 1. The third-order valence-corrected chi connectivity index (χ3v) is 4.64. The van der Waals surface area contributed by atoms with Crippen LogP contribution in [-0.2, 0) is 9.53 Å². The molecule has 86 valence electrons. The standard InChI is InChI=1S/C13H22O2/c1-13-8-7-11(14)9-10(13)5-3-4-6-12(13)15-2/h10,12H,3-9H2,1-2H3/t10-,12+,13-/m0/s1. The van der Waals surface area contributed by atoms with Crippen molar-refractivity contribution in [3.05, 3.63) is 0 Å². The minimum Gasteiger partial charge on any atom is -0.381 e. The summed E-state index contributed by atoms with van der Waals surface area (Å²) in [5.41, 5.74) is 0.263. The van der Waals surface area contributed by atoms with Crippen molar-refractivity contribution in [1.82, 2.24) is 0 Å². The predicted octanol–water partition coefficient (Wildman–Crippen LogP) is 2.95. The summed E-state index contributed by atoms with van der Waals surface area (Å²) in [5, 5.41) is 0. The lowest BCUT2D eigenvalue weighted by Crippen LogP contribution is -2.43. The van der Waals surface area contributed by atoms with Crippen molar-refractivity contribution in [3.63, 3.8) is 0 Å². The Morgan fingerprint density at radius 1 is 1.33 bits per heavy atom. The van der Waals surface area contributed by atoms with Gasteiger partial charge in [0.15, 0.2) is 0 Å². The second kappa shape index (κ2) is 4.25. The Hall–Kier alpha value is -0.370. The maximum absolute atomic E-state index is 11.5. The molecule has 0 aromatic heterocycles. The van der Waals surface area contributed by atoms with Crippen LogP contribution in [0, 0.1) is 11.3 Å². The summed E-state index contributed by atoms with van der Waals surface area (Å²) in [6.07, 6.45) is 7.92. The maximum Gasteiger partial charge on any atom is 0.133 e. The van der Waals surface area contributed by atoms with Gasteiger partial charge in [0, 0.05) is 20.0 Å². The van der Waals surface area contributed by atoms with Crippen molar-refractivity contribution in [3.8, 4) is 0 Å². The van der Waals surface area contributed by atoms with Gasteiger partial charge in [-0.15, -0.1) is 0 Å². The molecule has 2 fully saturated rings. The number of carbonyl (C=O) groups excluding carboxylic acids is 1. The second-order valence-corrected chi connectivity index (χ2v) is 5.45. The summed E-state index contributed by atoms with van der Waals surface area (Å²) in [6, 6.07) is 0. The molecule has 2 heteroatoms. The van der Waals surface area contributed by atoms with Gasteiger partial charge in [-0.1, -0.05) is 19.8 Å². The molecule has 0 spiro atoms. The van der Waals surface area contributed by atoms with Gasteiger partial charge in [-0.2, -0.15) is 0 Å². The Labute approximate surface area is 92.4 Å². The van der Waals surface area contributed by atoms with E-state index in [1.54, 1.807) is 0 Å². The number of Topliss-reactive ketones (excluding diaryl/α,β-unsaturated/α-hetero) is 1. The van der Waals surface area contributed by atoms with E-state index in [2.05, 4.69) is 6.92 Å². The molecule has 3 atom stereocenters. The molecule has 15 heavy (non-hydrogen) atoms. The van der Waals surface area contributed by atoms with Gasteiger partial charge in [0.2, 0.25) is 0 Å². The zero-order valence-electron chi connectivity index (χ0n) is 9.92. The molecule has 2 saturated carbocycles. The number of rotatable bonds is 1. The van der Waals surface area contributed by atoms with Crippen molar-refractivity contribution in [2.24, 2.45) is 11.3 Å². The lowest BCUT2D eigenvalue weighted by molar-refractivity contribution is -0.129. The fourth-order valence-corrected chi connectivity index (χ4v) is 3.52. The van der Waals surface area contributed by atoms with Crippen LogP contribution < -0.4 is 0 Å². The van der Waals surface area contributed by atoms with E-state index in [1.165, 1.54) is 25.7 Å². The monoisotopic (exact) mass is 210 g/mol. The van der Waals surface area contributed by atoms with E-state index < -0.39 is 0 Å². The van der Waals surface area contributed by atoms with E-state index in [4.69, 9.17) is 4.74 Å². The van der Waals surface area contributed by atoms with Gasteiger partial charge in [-0.25, -0.2) is 0 Å². The highest BCUT2D eigenvalue weighted by molar-refractivity contribution is 5.79. The first-order valence-electron chi connectivity index (χ1n) is 6.21. The van der Waals surface area contributed by atoms with E-state index in [9.17, 15) is 4.79 Å². The molecule has 2 rings (SSSR count). The minimum absolute atomic E-state index is 0.263. The molecule has 0 aliphatic heterocycles. The van der Waals surface area contributed by atoms with Gasteiger partial charge in [0.25, 0.3) is 0 Å². The Morgan fingerprint density at radius 2 is 2.07 bits per heavy atom. The average molecular weight is 210 g/mol. The summed E-state index contributed by atoms with van der Waals surface area (Å²) in [7, 11) is 1.83. The molecule has 0 aromatic rings. The van der Waals surface area contributed by atoms with Crippen molar-refractivity contribution in [2.45, 2.75) is 58.0 Å². The van der Waals surface area contributed by atoms with Crippen molar-refractivity contribution >= 4 is 5.78 Å². The molecule has 0 heterocycles. The Bertz CT molecular complexity index is 249. The van der Waals surface area contributed by atoms with Crippen LogP contribution in [0.3, 0.4) is 0 Å². The summed E-state index contributed by atoms with van der Waals surface area (Å²) >= 11 is 0. The smallest absolute Gasteiger partial charge is 0.133 e. The van der Waals surface area contributed by atoms with Crippen LogP contribution >= 0.6 is 0 Å². The van der Waals surface area contributed by atoms with E-state index in [1.807, 2.05) is 7.11 Å². The van der Waals surface area contributed by atoms with E-state index in [0.29, 0.717) is 17.8 Å². The van der Waals surface area contributed by atoms with Crippen LogP contribution in [-0.4, -0.2) is 19.0 Å². The first-order valence-corrected chi connectivity index (χ1v) is 6.21. The van der Waals surface area contributed by atoms with Crippen LogP contribution in [0.15, 0.2) is 0 Å². The van der Waals surface area contributed by atoms with Crippen LogP contribution in [0.4, 0.5) is 0 Å². The molecule has 2 aliphatic rings. The number of methoxy groups -OCH3 is 1. The zero-order chi connectivity index (χ0) is 10.9.